The van der Waals surface area contributed by atoms with Crippen LogP contribution in [-0.4, -0.2) is 18.0 Å². The first-order valence-electron chi connectivity index (χ1n) is 8.45. The largest absolute Gasteiger partial charge is 0.448 e. The third-order valence-electron chi connectivity index (χ3n) is 4.51. The van der Waals surface area contributed by atoms with Gasteiger partial charge in [-0.15, -0.1) is 0 Å². The van der Waals surface area contributed by atoms with Crippen LogP contribution >= 0.6 is 11.6 Å². The number of fused-ring (bicyclic) bond motifs is 1. The molecule has 1 amide bonds. The van der Waals surface area contributed by atoms with Crippen LogP contribution in [-0.2, 0) is 28.8 Å². The van der Waals surface area contributed by atoms with Crippen LogP contribution < -0.4 is 5.32 Å². The van der Waals surface area contributed by atoms with E-state index in [4.69, 9.17) is 16.3 Å². The molecular formula is C20H20ClNO3. The summed E-state index contributed by atoms with van der Waals surface area (Å²) in [6.07, 6.45) is 1.01. The lowest BCUT2D eigenvalue weighted by Gasteiger charge is -2.25. The number of carbonyl (C=O) groups excluding carboxylic acids is 2. The van der Waals surface area contributed by atoms with E-state index < -0.39 is 12.1 Å². The average Bonchev–Trinajstić information content (AvgIpc) is 2.62. The second kappa shape index (κ2) is 7.28. The Morgan fingerprint density at radius 3 is 2.68 bits per heavy atom. The van der Waals surface area contributed by atoms with Crippen LogP contribution in [0.5, 0.6) is 0 Å². The van der Waals surface area contributed by atoms with Crippen LogP contribution in [0.25, 0.3) is 0 Å². The molecule has 25 heavy (non-hydrogen) atoms. The third-order valence-corrected chi connectivity index (χ3v) is 4.86. The van der Waals surface area contributed by atoms with Crippen LogP contribution in [0.4, 0.5) is 5.69 Å². The summed E-state index contributed by atoms with van der Waals surface area (Å²) in [5, 5.41) is 3.57. The molecule has 3 rings (SSSR count). The van der Waals surface area contributed by atoms with Crippen molar-refractivity contribution in [3.63, 3.8) is 0 Å². The van der Waals surface area contributed by atoms with Gasteiger partial charge in [0.2, 0.25) is 0 Å². The van der Waals surface area contributed by atoms with Crippen molar-refractivity contribution in [2.75, 3.05) is 5.32 Å². The van der Waals surface area contributed by atoms with E-state index in [0.29, 0.717) is 23.4 Å². The molecule has 1 aliphatic rings. The summed E-state index contributed by atoms with van der Waals surface area (Å²) in [5.41, 5.74) is 4.00. The normalized spacial score (nSPS) is 16.1. The first kappa shape index (κ1) is 17.5. The van der Waals surface area contributed by atoms with Crippen molar-refractivity contribution >= 4 is 29.2 Å². The van der Waals surface area contributed by atoms with Gasteiger partial charge in [0.05, 0.1) is 5.56 Å². The average molecular weight is 358 g/mol. The molecule has 5 heteroatoms. The highest BCUT2D eigenvalue weighted by atomic mass is 35.5. The van der Waals surface area contributed by atoms with Crippen molar-refractivity contribution < 1.29 is 14.3 Å². The second-order valence-corrected chi connectivity index (χ2v) is 6.42. The molecule has 130 valence electrons. The number of esters is 1. The molecule has 0 fully saturated rings. The summed E-state index contributed by atoms with van der Waals surface area (Å²) in [6, 6.07) is 11.0. The number of halogens is 1. The van der Waals surface area contributed by atoms with E-state index in [1.165, 1.54) is 0 Å². The summed E-state index contributed by atoms with van der Waals surface area (Å²) in [7, 11) is 0. The Morgan fingerprint density at radius 2 is 1.96 bits per heavy atom. The molecule has 0 aliphatic carbocycles. The maximum Gasteiger partial charge on any atom is 0.339 e. The Morgan fingerprint density at radius 1 is 1.20 bits per heavy atom. The molecule has 1 N–H and O–H groups in total. The zero-order valence-electron chi connectivity index (χ0n) is 14.3. The Hall–Kier alpha value is -2.33. The number of nitrogens with one attached hydrogen (secondary N) is 1. The Bertz CT molecular complexity index is 832. The standard InChI is InChI=1S/C20H20ClNO3/c1-3-12-9-10-16(21)14(4-2)18(12)22-19(23)17-11-13-7-5-6-8-15(13)20(24)25-17/h5-10,17H,3-4,11H2,1-2H3,(H,22,23). The van der Waals surface area contributed by atoms with Crippen molar-refractivity contribution in [3.05, 3.63) is 63.7 Å². The first-order valence-corrected chi connectivity index (χ1v) is 8.82. The number of aryl methyl sites for hydroxylation is 1. The van der Waals surface area contributed by atoms with Gasteiger partial charge in [0.1, 0.15) is 0 Å². The van der Waals surface area contributed by atoms with Gasteiger partial charge in [0, 0.05) is 17.1 Å². The van der Waals surface area contributed by atoms with E-state index in [1.807, 2.05) is 38.1 Å². The highest BCUT2D eigenvalue weighted by Crippen LogP contribution is 2.30. The van der Waals surface area contributed by atoms with Gasteiger partial charge in [-0.2, -0.15) is 0 Å². The quantitative estimate of drug-likeness (QED) is 0.835. The number of benzene rings is 2. The van der Waals surface area contributed by atoms with Gasteiger partial charge in [-0.1, -0.05) is 49.7 Å². The van der Waals surface area contributed by atoms with Gasteiger partial charge in [0.25, 0.3) is 5.91 Å². The number of anilines is 1. The predicted molar refractivity (Wildman–Crippen MR) is 98.2 cm³/mol. The molecule has 0 spiro atoms. The van der Waals surface area contributed by atoms with Crippen LogP contribution in [0.2, 0.25) is 5.02 Å². The minimum Gasteiger partial charge on any atom is -0.448 e. The number of hydrogen-bond donors (Lipinski definition) is 1. The van der Waals surface area contributed by atoms with Crippen LogP contribution in [0, 0.1) is 0 Å². The number of ether oxygens (including phenoxy) is 1. The Labute approximate surface area is 152 Å². The monoisotopic (exact) mass is 357 g/mol. The fourth-order valence-corrected chi connectivity index (χ4v) is 3.44. The summed E-state index contributed by atoms with van der Waals surface area (Å²) in [4.78, 5) is 24.9. The van der Waals surface area contributed by atoms with Gasteiger partial charge >= 0.3 is 5.97 Å². The molecule has 1 unspecified atom stereocenters. The molecule has 0 saturated carbocycles. The molecule has 4 nitrogen and oxygen atoms in total. The zero-order valence-corrected chi connectivity index (χ0v) is 15.0. The maximum absolute atomic E-state index is 12.7. The minimum atomic E-state index is -0.837. The number of rotatable bonds is 4. The first-order chi connectivity index (χ1) is 12.0. The Balaban J connectivity index is 1.87. The lowest BCUT2D eigenvalue weighted by Crippen LogP contribution is -2.38. The van der Waals surface area contributed by atoms with Gasteiger partial charge in [-0.3, -0.25) is 4.79 Å². The highest BCUT2D eigenvalue weighted by molar-refractivity contribution is 6.32. The molecule has 2 aromatic rings. The minimum absolute atomic E-state index is 0.325. The summed E-state index contributed by atoms with van der Waals surface area (Å²) in [5.74, 6) is -0.783. The van der Waals surface area contributed by atoms with Crippen LogP contribution in [0.3, 0.4) is 0 Å². The van der Waals surface area contributed by atoms with E-state index in [9.17, 15) is 9.59 Å². The van der Waals surface area contributed by atoms with E-state index >= 15 is 0 Å². The van der Waals surface area contributed by atoms with E-state index in [1.54, 1.807) is 12.1 Å². The SMILES string of the molecule is CCc1ccc(Cl)c(CC)c1NC(=O)C1Cc2ccccc2C(=O)O1. The molecule has 0 saturated heterocycles. The molecule has 2 aromatic carbocycles. The van der Waals surface area contributed by atoms with E-state index in [2.05, 4.69) is 5.32 Å². The lowest BCUT2D eigenvalue weighted by atomic mass is 9.97. The molecular weight excluding hydrogens is 338 g/mol. The van der Waals surface area contributed by atoms with Crippen LogP contribution in [0.15, 0.2) is 36.4 Å². The van der Waals surface area contributed by atoms with E-state index in [0.717, 1.165) is 28.8 Å². The lowest BCUT2D eigenvalue weighted by molar-refractivity contribution is -0.125. The molecule has 1 heterocycles. The smallest absolute Gasteiger partial charge is 0.339 e. The summed E-state index contributed by atoms with van der Waals surface area (Å²) in [6.45, 7) is 4.02. The van der Waals surface area contributed by atoms with Crippen molar-refractivity contribution in [1.82, 2.24) is 0 Å². The van der Waals surface area contributed by atoms with Gasteiger partial charge in [0.15, 0.2) is 6.10 Å². The number of amides is 1. The predicted octanol–water partition coefficient (Wildman–Crippen LogP) is 4.19. The number of carbonyl (C=O) groups is 2. The van der Waals surface area contributed by atoms with Gasteiger partial charge < -0.3 is 10.1 Å². The van der Waals surface area contributed by atoms with Crippen molar-refractivity contribution in [1.29, 1.82) is 0 Å². The number of hydrogen-bond acceptors (Lipinski definition) is 3. The number of cyclic esters (lactones) is 1. The highest BCUT2D eigenvalue weighted by Gasteiger charge is 2.31. The molecule has 0 aromatic heterocycles. The molecule has 1 aliphatic heterocycles. The van der Waals surface area contributed by atoms with Crippen LogP contribution in [0.1, 0.15) is 40.9 Å². The van der Waals surface area contributed by atoms with Crippen molar-refractivity contribution in [2.45, 2.75) is 39.2 Å². The zero-order chi connectivity index (χ0) is 18.0. The summed E-state index contributed by atoms with van der Waals surface area (Å²) < 4.78 is 5.34. The van der Waals surface area contributed by atoms with Crippen molar-refractivity contribution in [3.8, 4) is 0 Å². The molecule has 1 atom stereocenters. The van der Waals surface area contributed by atoms with Crippen molar-refractivity contribution in [2.24, 2.45) is 0 Å². The summed E-state index contributed by atoms with van der Waals surface area (Å²) >= 11 is 6.28. The van der Waals surface area contributed by atoms with Gasteiger partial charge in [-0.05, 0) is 41.7 Å². The molecule has 0 bridgehead atoms. The topological polar surface area (TPSA) is 55.4 Å². The molecule has 0 radical (unpaired) electrons. The fraction of sp³-hybridized carbons (Fsp3) is 0.300. The second-order valence-electron chi connectivity index (χ2n) is 6.01. The Kier molecular flexibility index (Phi) is 5.09. The van der Waals surface area contributed by atoms with Gasteiger partial charge in [-0.25, -0.2) is 4.79 Å². The van der Waals surface area contributed by atoms with E-state index in [-0.39, 0.29) is 5.91 Å². The fourth-order valence-electron chi connectivity index (χ4n) is 3.15. The maximum atomic E-state index is 12.7. The third kappa shape index (κ3) is 3.40.